The van der Waals surface area contributed by atoms with Crippen LogP contribution in [0, 0.1) is 0 Å². The first-order valence-electron chi connectivity index (χ1n) is 7.45. The van der Waals surface area contributed by atoms with Crippen molar-refractivity contribution in [3.05, 3.63) is 28.2 Å². The van der Waals surface area contributed by atoms with Crippen molar-refractivity contribution in [2.45, 2.75) is 31.3 Å². The summed E-state index contributed by atoms with van der Waals surface area (Å²) in [6.07, 6.45) is 2.36. The molecular formula is C15H17Cl2NO4S. The standard InChI is InChI=1S/C15H17Cl2NO4S/c16-13-4-3-12(7-14(13)17)22-8-15(19)18(10-1-2-10)11-5-6-23(20,21)9-11/h3-4,7,10-11H,1-2,5-6,8-9H2/t11-/m1/s1. The molecule has 0 aromatic heterocycles. The van der Waals surface area contributed by atoms with E-state index in [1.54, 1.807) is 23.1 Å². The molecule has 2 fully saturated rings. The van der Waals surface area contributed by atoms with Gasteiger partial charge in [-0.15, -0.1) is 0 Å². The molecule has 1 heterocycles. The number of hydrogen-bond acceptors (Lipinski definition) is 4. The number of carbonyl (C=O) groups excluding carboxylic acids is 1. The summed E-state index contributed by atoms with van der Waals surface area (Å²) < 4.78 is 28.8. The topological polar surface area (TPSA) is 63.7 Å². The Bertz CT molecular complexity index is 718. The average Bonchev–Trinajstić information content (AvgIpc) is 3.24. The summed E-state index contributed by atoms with van der Waals surface area (Å²) in [7, 11) is -3.02. The first-order chi connectivity index (χ1) is 10.9. The maximum atomic E-state index is 12.5. The monoisotopic (exact) mass is 377 g/mol. The normalized spacial score (nSPS) is 22.8. The Morgan fingerprint density at radius 2 is 1.91 bits per heavy atom. The van der Waals surface area contributed by atoms with Crippen LogP contribution in [0.3, 0.4) is 0 Å². The second-order valence-corrected chi connectivity index (χ2v) is 9.00. The van der Waals surface area contributed by atoms with Crippen molar-refractivity contribution >= 4 is 38.9 Å². The van der Waals surface area contributed by atoms with Crippen LogP contribution in [0.4, 0.5) is 0 Å². The maximum Gasteiger partial charge on any atom is 0.261 e. The fourth-order valence-corrected chi connectivity index (χ4v) is 4.84. The summed E-state index contributed by atoms with van der Waals surface area (Å²) >= 11 is 11.8. The van der Waals surface area contributed by atoms with Crippen molar-refractivity contribution in [3.8, 4) is 5.75 Å². The van der Waals surface area contributed by atoms with Crippen LogP contribution in [0.15, 0.2) is 18.2 Å². The summed E-state index contributed by atoms with van der Waals surface area (Å²) in [6, 6.07) is 4.73. The van der Waals surface area contributed by atoms with E-state index in [2.05, 4.69) is 0 Å². The zero-order valence-electron chi connectivity index (χ0n) is 12.4. The van der Waals surface area contributed by atoms with Gasteiger partial charge in [-0.1, -0.05) is 23.2 Å². The molecule has 2 aliphatic rings. The summed E-state index contributed by atoms with van der Waals surface area (Å²) in [6.45, 7) is -0.134. The largest absolute Gasteiger partial charge is 0.484 e. The van der Waals surface area contributed by atoms with Crippen LogP contribution < -0.4 is 4.74 Å². The molecule has 1 aromatic rings. The Balaban J connectivity index is 1.64. The van der Waals surface area contributed by atoms with Crippen molar-refractivity contribution < 1.29 is 17.9 Å². The molecule has 8 heteroatoms. The summed E-state index contributed by atoms with van der Waals surface area (Å²) in [4.78, 5) is 14.2. The molecule has 1 saturated carbocycles. The highest BCUT2D eigenvalue weighted by Gasteiger charge is 2.42. The first kappa shape index (κ1) is 16.9. The van der Waals surface area contributed by atoms with E-state index in [1.807, 2.05) is 0 Å². The quantitative estimate of drug-likeness (QED) is 0.790. The molecule has 5 nitrogen and oxygen atoms in total. The van der Waals surface area contributed by atoms with Gasteiger partial charge in [0.1, 0.15) is 5.75 Å². The number of halogens is 2. The van der Waals surface area contributed by atoms with Crippen LogP contribution in [0.25, 0.3) is 0 Å². The molecule has 1 aliphatic carbocycles. The van der Waals surface area contributed by atoms with Gasteiger partial charge in [0.25, 0.3) is 5.91 Å². The van der Waals surface area contributed by atoms with Gasteiger partial charge in [0, 0.05) is 18.2 Å². The van der Waals surface area contributed by atoms with Crippen LogP contribution >= 0.6 is 23.2 Å². The highest BCUT2D eigenvalue weighted by Crippen LogP contribution is 2.32. The Morgan fingerprint density at radius 3 is 2.48 bits per heavy atom. The molecular weight excluding hydrogens is 361 g/mol. The van der Waals surface area contributed by atoms with E-state index in [0.29, 0.717) is 22.2 Å². The number of sulfone groups is 1. The second-order valence-electron chi connectivity index (χ2n) is 5.95. The third-order valence-electron chi connectivity index (χ3n) is 4.08. The second kappa shape index (κ2) is 6.49. The lowest BCUT2D eigenvalue weighted by molar-refractivity contribution is -0.135. The van der Waals surface area contributed by atoms with Gasteiger partial charge in [0.05, 0.1) is 21.6 Å². The van der Waals surface area contributed by atoms with Gasteiger partial charge in [0.2, 0.25) is 0 Å². The number of ether oxygens (including phenoxy) is 1. The Labute approximate surface area is 145 Å². The van der Waals surface area contributed by atoms with Gasteiger partial charge in [-0.05, 0) is 31.4 Å². The number of nitrogens with zero attached hydrogens (tertiary/aromatic N) is 1. The van der Waals surface area contributed by atoms with E-state index >= 15 is 0 Å². The summed E-state index contributed by atoms with van der Waals surface area (Å²) in [5.41, 5.74) is 0. The summed E-state index contributed by atoms with van der Waals surface area (Å²) in [5, 5.41) is 0.777. The molecule has 1 amide bonds. The van der Waals surface area contributed by atoms with Crippen LogP contribution in [0.5, 0.6) is 5.75 Å². The predicted molar refractivity (Wildman–Crippen MR) is 88.9 cm³/mol. The van der Waals surface area contributed by atoms with E-state index in [9.17, 15) is 13.2 Å². The van der Waals surface area contributed by atoms with Gasteiger partial charge in [-0.2, -0.15) is 0 Å². The predicted octanol–water partition coefficient (Wildman–Crippen LogP) is 2.55. The van der Waals surface area contributed by atoms with E-state index in [0.717, 1.165) is 12.8 Å². The van der Waals surface area contributed by atoms with Gasteiger partial charge < -0.3 is 9.64 Å². The minimum absolute atomic E-state index is 0.0576. The zero-order chi connectivity index (χ0) is 16.6. The van der Waals surface area contributed by atoms with E-state index in [4.69, 9.17) is 27.9 Å². The van der Waals surface area contributed by atoms with Gasteiger partial charge >= 0.3 is 0 Å². The van der Waals surface area contributed by atoms with E-state index in [-0.39, 0.29) is 36.1 Å². The molecule has 23 heavy (non-hydrogen) atoms. The van der Waals surface area contributed by atoms with Crippen LogP contribution in [0.2, 0.25) is 10.0 Å². The minimum atomic E-state index is -3.02. The van der Waals surface area contributed by atoms with Gasteiger partial charge in [0.15, 0.2) is 16.4 Å². The molecule has 0 radical (unpaired) electrons. The van der Waals surface area contributed by atoms with Crippen molar-refractivity contribution in [1.29, 1.82) is 0 Å². The molecule has 0 spiro atoms. The van der Waals surface area contributed by atoms with E-state index in [1.165, 1.54) is 0 Å². The highest BCUT2D eigenvalue weighted by atomic mass is 35.5. The lowest BCUT2D eigenvalue weighted by Crippen LogP contribution is -2.45. The number of carbonyl (C=O) groups is 1. The summed E-state index contributed by atoms with van der Waals surface area (Å²) in [5.74, 6) is 0.493. The van der Waals surface area contributed by atoms with Crippen molar-refractivity contribution in [1.82, 2.24) is 4.90 Å². The molecule has 126 valence electrons. The maximum absolute atomic E-state index is 12.5. The van der Waals surface area contributed by atoms with Crippen LogP contribution in [-0.4, -0.2) is 49.4 Å². The fraction of sp³-hybridized carbons (Fsp3) is 0.533. The van der Waals surface area contributed by atoms with Crippen molar-refractivity contribution in [2.75, 3.05) is 18.1 Å². The first-order valence-corrected chi connectivity index (χ1v) is 10.0. The molecule has 1 aliphatic heterocycles. The van der Waals surface area contributed by atoms with Crippen molar-refractivity contribution in [3.63, 3.8) is 0 Å². The molecule has 0 unspecified atom stereocenters. The Morgan fingerprint density at radius 1 is 1.17 bits per heavy atom. The van der Waals surface area contributed by atoms with Crippen LogP contribution in [-0.2, 0) is 14.6 Å². The minimum Gasteiger partial charge on any atom is -0.484 e. The Hall–Kier alpha value is -0.980. The smallest absolute Gasteiger partial charge is 0.261 e. The lowest BCUT2D eigenvalue weighted by Gasteiger charge is -2.28. The third kappa shape index (κ3) is 4.11. The zero-order valence-corrected chi connectivity index (χ0v) is 14.7. The molecule has 3 rings (SSSR count). The molecule has 0 bridgehead atoms. The third-order valence-corrected chi connectivity index (χ3v) is 6.57. The van der Waals surface area contributed by atoms with Crippen molar-refractivity contribution in [2.24, 2.45) is 0 Å². The number of rotatable bonds is 5. The van der Waals surface area contributed by atoms with E-state index < -0.39 is 9.84 Å². The molecule has 1 atom stereocenters. The average molecular weight is 378 g/mol. The van der Waals surface area contributed by atoms with Gasteiger partial charge in [-0.3, -0.25) is 4.79 Å². The Kier molecular flexibility index (Phi) is 4.76. The van der Waals surface area contributed by atoms with Crippen LogP contribution in [0.1, 0.15) is 19.3 Å². The molecule has 1 saturated heterocycles. The van der Waals surface area contributed by atoms with Gasteiger partial charge in [-0.25, -0.2) is 8.42 Å². The molecule has 1 aromatic carbocycles. The number of amides is 1. The number of benzene rings is 1. The SMILES string of the molecule is O=C(COc1ccc(Cl)c(Cl)c1)N(C1CC1)[C@@H]1CCS(=O)(=O)C1. The lowest BCUT2D eigenvalue weighted by atomic mass is 10.2. The number of hydrogen-bond donors (Lipinski definition) is 0. The fourth-order valence-electron chi connectivity index (χ4n) is 2.84. The highest BCUT2D eigenvalue weighted by molar-refractivity contribution is 7.91. The molecule has 0 N–H and O–H groups in total.